The molecule has 0 bridgehead atoms. The third kappa shape index (κ3) is 1.83. The molecule has 66 valence electrons. The van der Waals surface area contributed by atoms with Crippen LogP contribution in [0.4, 0.5) is 4.39 Å². The van der Waals surface area contributed by atoms with Crippen molar-refractivity contribution in [1.82, 2.24) is 5.32 Å². The molecule has 1 N–H and O–H groups in total. The molecule has 1 unspecified atom stereocenters. The summed E-state index contributed by atoms with van der Waals surface area (Å²) in [6, 6.07) is 7.01. The molecule has 0 aliphatic carbocycles. The topological polar surface area (TPSA) is 12.0 Å². The van der Waals surface area contributed by atoms with Gasteiger partial charge in [-0.1, -0.05) is 25.1 Å². The van der Waals surface area contributed by atoms with E-state index < -0.39 is 0 Å². The van der Waals surface area contributed by atoms with Crippen LogP contribution in [0.15, 0.2) is 24.3 Å². The highest BCUT2D eigenvalue weighted by atomic mass is 19.1. The van der Waals surface area contributed by atoms with Crippen LogP contribution in [0.2, 0.25) is 0 Å². The van der Waals surface area contributed by atoms with Gasteiger partial charge in [0.05, 0.1) is 0 Å². The van der Waals surface area contributed by atoms with Gasteiger partial charge in [0.25, 0.3) is 0 Å². The molecule has 0 fully saturated rings. The van der Waals surface area contributed by atoms with Crippen LogP contribution in [0.1, 0.15) is 24.9 Å². The Labute approximate surface area is 72.6 Å². The summed E-state index contributed by atoms with van der Waals surface area (Å²) < 4.78 is 13.2. The zero-order chi connectivity index (χ0) is 8.97. The molecule has 0 aliphatic heterocycles. The van der Waals surface area contributed by atoms with Crippen LogP contribution >= 0.6 is 0 Å². The third-order valence-corrected chi connectivity index (χ3v) is 2.04. The van der Waals surface area contributed by atoms with Crippen LogP contribution in [0.25, 0.3) is 0 Å². The number of nitrogens with one attached hydrogen (secondary N) is 1. The smallest absolute Gasteiger partial charge is 0.127 e. The van der Waals surface area contributed by atoms with E-state index in [1.54, 1.807) is 6.07 Å². The predicted octanol–water partition coefficient (Wildman–Crippen LogP) is 2.50. The van der Waals surface area contributed by atoms with E-state index in [2.05, 4.69) is 5.32 Å². The Hall–Kier alpha value is -0.890. The molecule has 0 heterocycles. The Morgan fingerprint density at radius 3 is 2.58 bits per heavy atom. The van der Waals surface area contributed by atoms with Crippen molar-refractivity contribution in [3.05, 3.63) is 35.6 Å². The molecule has 1 aromatic carbocycles. The zero-order valence-electron chi connectivity index (χ0n) is 7.47. The van der Waals surface area contributed by atoms with Crippen molar-refractivity contribution >= 4 is 0 Å². The van der Waals surface area contributed by atoms with Crippen LogP contribution in [0, 0.1) is 5.82 Å². The normalized spacial score (nSPS) is 12.9. The van der Waals surface area contributed by atoms with Crippen molar-refractivity contribution in [2.45, 2.75) is 19.4 Å². The second-order valence-corrected chi connectivity index (χ2v) is 2.77. The van der Waals surface area contributed by atoms with Crippen LogP contribution in [0.5, 0.6) is 0 Å². The van der Waals surface area contributed by atoms with Crippen LogP contribution in [-0.4, -0.2) is 7.05 Å². The van der Waals surface area contributed by atoms with Gasteiger partial charge in [0.15, 0.2) is 0 Å². The average molecular weight is 167 g/mol. The number of hydrogen-bond acceptors (Lipinski definition) is 1. The second-order valence-electron chi connectivity index (χ2n) is 2.77. The summed E-state index contributed by atoms with van der Waals surface area (Å²) >= 11 is 0. The van der Waals surface area contributed by atoms with E-state index in [1.807, 2.05) is 26.1 Å². The quantitative estimate of drug-likeness (QED) is 0.729. The Balaban J connectivity index is 2.92. The van der Waals surface area contributed by atoms with E-state index in [4.69, 9.17) is 0 Å². The molecule has 1 aromatic rings. The van der Waals surface area contributed by atoms with Crippen molar-refractivity contribution in [2.24, 2.45) is 0 Å². The first-order valence-corrected chi connectivity index (χ1v) is 4.21. The minimum absolute atomic E-state index is 0.126. The standard InChI is InChI=1S/C10H14FN/c1-3-10(12-2)8-6-4-5-7-9(8)11/h4-7,10,12H,3H2,1-2H3. The van der Waals surface area contributed by atoms with E-state index in [0.29, 0.717) is 0 Å². The minimum atomic E-state index is -0.126. The molecule has 2 heteroatoms. The molecular formula is C10H14FN. The van der Waals surface area contributed by atoms with Gasteiger partial charge in [-0.25, -0.2) is 4.39 Å². The fourth-order valence-corrected chi connectivity index (χ4v) is 1.34. The highest BCUT2D eigenvalue weighted by Gasteiger charge is 2.09. The number of halogens is 1. The Kier molecular flexibility index (Phi) is 3.23. The molecule has 1 atom stereocenters. The maximum absolute atomic E-state index is 13.2. The van der Waals surface area contributed by atoms with E-state index in [9.17, 15) is 4.39 Å². The molecule has 0 saturated heterocycles. The molecule has 0 radical (unpaired) electrons. The fourth-order valence-electron chi connectivity index (χ4n) is 1.34. The third-order valence-electron chi connectivity index (χ3n) is 2.04. The first-order chi connectivity index (χ1) is 5.79. The Morgan fingerprint density at radius 2 is 2.08 bits per heavy atom. The monoisotopic (exact) mass is 167 g/mol. The van der Waals surface area contributed by atoms with Gasteiger partial charge in [0, 0.05) is 11.6 Å². The molecule has 12 heavy (non-hydrogen) atoms. The van der Waals surface area contributed by atoms with Crippen LogP contribution in [-0.2, 0) is 0 Å². The van der Waals surface area contributed by atoms with Crippen molar-refractivity contribution in [3.63, 3.8) is 0 Å². The molecule has 1 nitrogen and oxygen atoms in total. The minimum Gasteiger partial charge on any atom is -0.313 e. The highest BCUT2D eigenvalue weighted by Crippen LogP contribution is 2.18. The summed E-state index contributed by atoms with van der Waals surface area (Å²) in [5.41, 5.74) is 0.752. The molecule has 0 aromatic heterocycles. The van der Waals surface area contributed by atoms with Crippen molar-refractivity contribution in [1.29, 1.82) is 0 Å². The van der Waals surface area contributed by atoms with Crippen molar-refractivity contribution in [2.75, 3.05) is 7.05 Å². The predicted molar refractivity (Wildman–Crippen MR) is 48.5 cm³/mol. The van der Waals surface area contributed by atoms with Gasteiger partial charge in [-0.2, -0.15) is 0 Å². The SMILES string of the molecule is CCC(NC)c1ccccc1F. The van der Waals surface area contributed by atoms with Crippen molar-refractivity contribution in [3.8, 4) is 0 Å². The van der Waals surface area contributed by atoms with Gasteiger partial charge < -0.3 is 5.32 Å². The van der Waals surface area contributed by atoms with Gasteiger partial charge in [-0.3, -0.25) is 0 Å². The fraction of sp³-hybridized carbons (Fsp3) is 0.400. The summed E-state index contributed by atoms with van der Waals surface area (Å²) in [4.78, 5) is 0. The first kappa shape index (κ1) is 9.20. The highest BCUT2D eigenvalue weighted by molar-refractivity contribution is 5.20. The summed E-state index contributed by atoms with van der Waals surface area (Å²) in [6.07, 6.45) is 0.900. The van der Waals surface area contributed by atoms with Gasteiger partial charge in [0.2, 0.25) is 0 Å². The molecular weight excluding hydrogens is 153 g/mol. The van der Waals surface area contributed by atoms with Gasteiger partial charge in [-0.05, 0) is 19.5 Å². The lowest BCUT2D eigenvalue weighted by atomic mass is 10.0. The lowest BCUT2D eigenvalue weighted by Gasteiger charge is -2.14. The van der Waals surface area contributed by atoms with Crippen LogP contribution in [0.3, 0.4) is 0 Å². The first-order valence-electron chi connectivity index (χ1n) is 4.21. The number of hydrogen-bond donors (Lipinski definition) is 1. The van der Waals surface area contributed by atoms with Crippen molar-refractivity contribution < 1.29 is 4.39 Å². The number of benzene rings is 1. The summed E-state index contributed by atoms with van der Waals surface area (Å²) in [6.45, 7) is 2.04. The second kappa shape index (κ2) is 4.21. The van der Waals surface area contributed by atoms with Gasteiger partial charge >= 0.3 is 0 Å². The van der Waals surface area contributed by atoms with E-state index in [1.165, 1.54) is 6.07 Å². The zero-order valence-corrected chi connectivity index (χ0v) is 7.47. The molecule has 0 spiro atoms. The van der Waals surface area contributed by atoms with E-state index >= 15 is 0 Å². The Morgan fingerprint density at radius 1 is 1.42 bits per heavy atom. The lowest BCUT2D eigenvalue weighted by molar-refractivity contribution is 0.525. The largest absolute Gasteiger partial charge is 0.313 e. The molecule has 0 saturated carbocycles. The molecule has 0 aliphatic rings. The summed E-state index contributed by atoms with van der Waals surface area (Å²) in [7, 11) is 1.85. The summed E-state index contributed by atoms with van der Waals surface area (Å²) in [5.74, 6) is -0.126. The Bertz CT molecular complexity index is 243. The number of rotatable bonds is 3. The van der Waals surface area contributed by atoms with Gasteiger partial charge in [0.1, 0.15) is 5.82 Å². The van der Waals surface area contributed by atoms with E-state index in [-0.39, 0.29) is 11.9 Å². The van der Waals surface area contributed by atoms with E-state index in [0.717, 1.165) is 12.0 Å². The maximum atomic E-state index is 13.2. The lowest BCUT2D eigenvalue weighted by Crippen LogP contribution is -2.16. The maximum Gasteiger partial charge on any atom is 0.127 e. The average Bonchev–Trinajstić information content (AvgIpc) is 2.10. The van der Waals surface area contributed by atoms with Crippen LogP contribution < -0.4 is 5.32 Å². The summed E-state index contributed by atoms with van der Waals surface area (Å²) in [5, 5.41) is 3.07. The molecule has 1 rings (SSSR count). The van der Waals surface area contributed by atoms with Gasteiger partial charge in [-0.15, -0.1) is 0 Å². The molecule has 0 amide bonds.